The summed E-state index contributed by atoms with van der Waals surface area (Å²) in [5.41, 5.74) is 0. The fourth-order valence-electron chi connectivity index (χ4n) is 4.26. The molecule has 1 fully saturated rings. The molecule has 0 aromatic carbocycles. The molecule has 0 aromatic heterocycles. The van der Waals surface area contributed by atoms with E-state index >= 15 is 0 Å². The first-order chi connectivity index (χ1) is 8.78. The van der Waals surface area contributed by atoms with Crippen LogP contribution in [0.5, 0.6) is 0 Å². The number of nitrogens with one attached hydrogen (secondary N) is 1. The summed E-state index contributed by atoms with van der Waals surface area (Å²) in [5.74, 6) is 2.83. The van der Waals surface area contributed by atoms with Gasteiger partial charge in [-0.05, 0) is 44.1 Å². The van der Waals surface area contributed by atoms with Crippen molar-refractivity contribution in [1.29, 1.82) is 0 Å². The van der Waals surface area contributed by atoms with Gasteiger partial charge in [0.2, 0.25) is 0 Å². The van der Waals surface area contributed by atoms with Crippen LogP contribution in [0.1, 0.15) is 78.6 Å². The lowest BCUT2D eigenvalue weighted by molar-refractivity contribution is 0.133. The molecule has 1 aliphatic carbocycles. The number of rotatable bonds is 8. The lowest BCUT2D eigenvalue weighted by atomic mass is 9.69. The maximum absolute atomic E-state index is 3.71. The van der Waals surface area contributed by atoms with Gasteiger partial charge in [-0.2, -0.15) is 0 Å². The molecule has 0 radical (unpaired) electrons. The fraction of sp³-hybridized carbons (Fsp3) is 1.00. The summed E-state index contributed by atoms with van der Waals surface area (Å²) >= 11 is 0. The van der Waals surface area contributed by atoms with Crippen LogP contribution in [0, 0.1) is 17.8 Å². The van der Waals surface area contributed by atoms with E-state index in [1.807, 2.05) is 0 Å². The van der Waals surface area contributed by atoms with Crippen LogP contribution in [-0.4, -0.2) is 13.1 Å². The van der Waals surface area contributed by atoms with E-state index in [1.54, 1.807) is 0 Å². The highest BCUT2D eigenvalue weighted by atomic mass is 14.9. The predicted molar refractivity (Wildman–Crippen MR) is 81.9 cm³/mol. The highest BCUT2D eigenvalue weighted by Crippen LogP contribution is 2.38. The zero-order chi connectivity index (χ0) is 13.4. The van der Waals surface area contributed by atoms with Gasteiger partial charge in [0.25, 0.3) is 0 Å². The van der Waals surface area contributed by atoms with Crippen molar-refractivity contribution in [1.82, 2.24) is 5.32 Å². The van der Waals surface area contributed by atoms with Crippen molar-refractivity contribution in [3.05, 3.63) is 0 Å². The number of hydrogen-bond acceptors (Lipinski definition) is 1. The van der Waals surface area contributed by atoms with Crippen LogP contribution in [0.4, 0.5) is 0 Å². The van der Waals surface area contributed by atoms with Gasteiger partial charge in [0, 0.05) is 6.04 Å². The van der Waals surface area contributed by atoms with Gasteiger partial charge in [0.05, 0.1) is 0 Å². The van der Waals surface area contributed by atoms with Crippen LogP contribution in [0.15, 0.2) is 0 Å². The van der Waals surface area contributed by atoms with Crippen LogP contribution >= 0.6 is 0 Å². The molecule has 1 rings (SSSR count). The molecule has 1 aliphatic rings. The van der Waals surface area contributed by atoms with Gasteiger partial charge in [-0.25, -0.2) is 0 Å². The Balaban J connectivity index is 2.70. The van der Waals surface area contributed by atoms with Gasteiger partial charge in [0.15, 0.2) is 0 Å². The van der Waals surface area contributed by atoms with Gasteiger partial charge >= 0.3 is 0 Å². The third-order valence-electron chi connectivity index (χ3n) is 5.11. The standard InChI is InChI=1S/C17H35N/c1-5-10-15(11-6-2)17(18-4)16-13-9-8-12-14(16)7-3/h14-18H,5-13H2,1-4H3. The van der Waals surface area contributed by atoms with E-state index in [0.717, 1.165) is 23.8 Å². The Labute approximate surface area is 115 Å². The summed E-state index contributed by atoms with van der Waals surface area (Å²) in [5, 5.41) is 3.71. The molecule has 0 spiro atoms. The molecule has 1 N–H and O–H groups in total. The van der Waals surface area contributed by atoms with Crippen LogP contribution < -0.4 is 5.32 Å². The molecule has 0 saturated heterocycles. The summed E-state index contributed by atoms with van der Waals surface area (Å²) in [6.07, 6.45) is 12.8. The highest BCUT2D eigenvalue weighted by Gasteiger charge is 2.33. The second-order valence-corrected chi connectivity index (χ2v) is 6.27. The quantitative estimate of drug-likeness (QED) is 0.641. The van der Waals surface area contributed by atoms with E-state index in [-0.39, 0.29) is 0 Å². The van der Waals surface area contributed by atoms with Gasteiger partial charge in [-0.1, -0.05) is 59.3 Å². The van der Waals surface area contributed by atoms with E-state index in [1.165, 1.54) is 57.8 Å². The van der Waals surface area contributed by atoms with Crippen molar-refractivity contribution in [2.75, 3.05) is 7.05 Å². The maximum Gasteiger partial charge on any atom is 0.0123 e. The molecular weight excluding hydrogens is 218 g/mol. The van der Waals surface area contributed by atoms with Gasteiger partial charge in [-0.15, -0.1) is 0 Å². The molecular formula is C17H35N. The third kappa shape index (κ3) is 4.26. The summed E-state index contributed by atoms with van der Waals surface area (Å²) in [6.45, 7) is 7.07. The first-order valence-corrected chi connectivity index (χ1v) is 8.45. The molecule has 18 heavy (non-hydrogen) atoms. The lowest BCUT2D eigenvalue weighted by Crippen LogP contribution is -2.44. The topological polar surface area (TPSA) is 12.0 Å². The molecule has 3 unspecified atom stereocenters. The molecule has 1 saturated carbocycles. The molecule has 1 heteroatoms. The molecule has 0 bridgehead atoms. The third-order valence-corrected chi connectivity index (χ3v) is 5.11. The predicted octanol–water partition coefficient (Wildman–Crippen LogP) is 5.01. The van der Waals surface area contributed by atoms with Gasteiger partial charge < -0.3 is 5.32 Å². The van der Waals surface area contributed by atoms with Crippen LogP contribution in [0.3, 0.4) is 0 Å². The lowest BCUT2D eigenvalue weighted by Gasteiger charge is -2.40. The van der Waals surface area contributed by atoms with E-state index in [4.69, 9.17) is 0 Å². The molecule has 3 atom stereocenters. The van der Waals surface area contributed by atoms with Crippen molar-refractivity contribution >= 4 is 0 Å². The first-order valence-electron chi connectivity index (χ1n) is 8.45. The monoisotopic (exact) mass is 253 g/mol. The second kappa shape index (κ2) is 8.96. The molecule has 108 valence electrons. The molecule has 0 amide bonds. The van der Waals surface area contributed by atoms with Crippen LogP contribution in [0.25, 0.3) is 0 Å². The minimum atomic E-state index is 0.773. The average molecular weight is 253 g/mol. The Morgan fingerprint density at radius 3 is 2.11 bits per heavy atom. The van der Waals surface area contributed by atoms with E-state index in [2.05, 4.69) is 33.1 Å². The van der Waals surface area contributed by atoms with Gasteiger partial charge in [0.1, 0.15) is 0 Å². The summed E-state index contributed by atoms with van der Waals surface area (Å²) in [7, 11) is 2.20. The first kappa shape index (κ1) is 16.0. The van der Waals surface area contributed by atoms with Gasteiger partial charge in [-0.3, -0.25) is 0 Å². The Kier molecular flexibility index (Phi) is 7.97. The smallest absolute Gasteiger partial charge is 0.0123 e. The Morgan fingerprint density at radius 2 is 1.61 bits per heavy atom. The van der Waals surface area contributed by atoms with Crippen molar-refractivity contribution in [2.24, 2.45) is 17.8 Å². The van der Waals surface area contributed by atoms with Crippen molar-refractivity contribution in [3.8, 4) is 0 Å². The minimum absolute atomic E-state index is 0.773. The summed E-state index contributed by atoms with van der Waals surface area (Å²) in [4.78, 5) is 0. The maximum atomic E-state index is 3.71. The Morgan fingerprint density at radius 1 is 1.00 bits per heavy atom. The highest BCUT2D eigenvalue weighted by molar-refractivity contribution is 4.88. The number of hydrogen-bond donors (Lipinski definition) is 1. The van der Waals surface area contributed by atoms with E-state index < -0.39 is 0 Å². The molecule has 0 aliphatic heterocycles. The largest absolute Gasteiger partial charge is 0.316 e. The SMILES string of the molecule is CCCC(CCC)C(NC)C1CCCCC1CC. The summed E-state index contributed by atoms with van der Waals surface area (Å²) in [6, 6.07) is 0.773. The zero-order valence-electron chi connectivity index (χ0n) is 13.2. The van der Waals surface area contributed by atoms with Crippen molar-refractivity contribution < 1.29 is 0 Å². The van der Waals surface area contributed by atoms with E-state index in [0.29, 0.717) is 0 Å². The molecule has 1 nitrogen and oxygen atoms in total. The average Bonchev–Trinajstić information content (AvgIpc) is 2.40. The minimum Gasteiger partial charge on any atom is -0.316 e. The summed E-state index contributed by atoms with van der Waals surface area (Å²) < 4.78 is 0. The Hall–Kier alpha value is -0.0400. The van der Waals surface area contributed by atoms with Crippen LogP contribution in [0.2, 0.25) is 0 Å². The van der Waals surface area contributed by atoms with Crippen LogP contribution in [-0.2, 0) is 0 Å². The fourth-order valence-corrected chi connectivity index (χ4v) is 4.26. The normalized spacial score (nSPS) is 26.5. The van der Waals surface area contributed by atoms with Crippen molar-refractivity contribution in [2.45, 2.75) is 84.6 Å². The zero-order valence-corrected chi connectivity index (χ0v) is 13.2. The molecule has 0 heterocycles. The van der Waals surface area contributed by atoms with E-state index in [9.17, 15) is 0 Å². The molecule has 0 aromatic rings. The Bertz CT molecular complexity index is 196. The second-order valence-electron chi connectivity index (χ2n) is 6.27. The van der Waals surface area contributed by atoms with Crippen molar-refractivity contribution in [3.63, 3.8) is 0 Å².